The Morgan fingerprint density at radius 1 is 1.50 bits per heavy atom. The average molecular weight is 251 g/mol. The van der Waals surface area contributed by atoms with Gasteiger partial charge in [-0.2, -0.15) is 0 Å². The fraction of sp³-hybridized carbons (Fsp3) is 0.786. The van der Waals surface area contributed by atoms with Crippen LogP contribution in [0.15, 0.2) is 12.5 Å². The first-order valence-electron chi connectivity index (χ1n) is 6.96. The number of aromatic nitrogens is 2. The third-order valence-electron chi connectivity index (χ3n) is 3.62. The summed E-state index contributed by atoms with van der Waals surface area (Å²) >= 11 is 0. The van der Waals surface area contributed by atoms with Gasteiger partial charge in [0.15, 0.2) is 0 Å². The van der Waals surface area contributed by atoms with Gasteiger partial charge in [-0.25, -0.2) is 4.98 Å². The molecular formula is C14H25N3O. The van der Waals surface area contributed by atoms with Gasteiger partial charge in [-0.15, -0.1) is 0 Å². The van der Waals surface area contributed by atoms with Gasteiger partial charge in [-0.3, -0.25) is 0 Å². The second-order valence-electron chi connectivity index (χ2n) is 5.61. The topological polar surface area (TPSA) is 39.1 Å². The molecule has 0 aliphatic heterocycles. The Bertz CT molecular complexity index is 362. The van der Waals surface area contributed by atoms with E-state index in [1.165, 1.54) is 19.3 Å². The number of nitrogens with zero attached hydrogens (tertiary/aromatic N) is 2. The Morgan fingerprint density at radius 3 is 3.06 bits per heavy atom. The highest BCUT2D eigenvalue weighted by atomic mass is 16.5. The van der Waals surface area contributed by atoms with Crippen LogP contribution < -0.4 is 5.32 Å². The molecule has 4 heteroatoms. The van der Waals surface area contributed by atoms with Crippen molar-refractivity contribution in [3.05, 3.63) is 18.2 Å². The highest BCUT2D eigenvalue weighted by Crippen LogP contribution is 2.31. The van der Waals surface area contributed by atoms with E-state index < -0.39 is 0 Å². The van der Waals surface area contributed by atoms with Crippen LogP contribution in [-0.4, -0.2) is 29.3 Å². The van der Waals surface area contributed by atoms with Crippen LogP contribution in [0.1, 0.15) is 44.8 Å². The molecule has 2 rings (SSSR count). The minimum Gasteiger partial charge on any atom is -0.379 e. The van der Waals surface area contributed by atoms with Crippen molar-refractivity contribution in [2.75, 3.05) is 13.7 Å². The second kappa shape index (κ2) is 6.34. The molecule has 1 heterocycles. The fourth-order valence-corrected chi connectivity index (χ4v) is 2.66. The van der Waals surface area contributed by atoms with Crippen LogP contribution in [0.2, 0.25) is 0 Å². The third-order valence-corrected chi connectivity index (χ3v) is 3.62. The summed E-state index contributed by atoms with van der Waals surface area (Å²) in [7, 11) is 1.81. The van der Waals surface area contributed by atoms with Crippen molar-refractivity contribution in [3.8, 4) is 0 Å². The van der Waals surface area contributed by atoms with Crippen LogP contribution in [0.4, 0.5) is 0 Å². The summed E-state index contributed by atoms with van der Waals surface area (Å²) < 4.78 is 7.77. The van der Waals surface area contributed by atoms with Gasteiger partial charge in [0.25, 0.3) is 0 Å². The van der Waals surface area contributed by atoms with Crippen molar-refractivity contribution in [1.29, 1.82) is 0 Å². The SMILES string of the molecule is COC1CCCC1n1cnc(CNCC(C)C)c1. The minimum absolute atomic E-state index is 0.357. The molecule has 1 aliphatic rings. The third kappa shape index (κ3) is 3.33. The minimum atomic E-state index is 0.357. The lowest BCUT2D eigenvalue weighted by Gasteiger charge is -2.19. The van der Waals surface area contributed by atoms with Crippen LogP contribution >= 0.6 is 0 Å². The molecule has 1 aromatic rings. The van der Waals surface area contributed by atoms with Crippen molar-refractivity contribution in [2.24, 2.45) is 5.92 Å². The number of hydrogen-bond acceptors (Lipinski definition) is 3. The smallest absolute Gasteiger partial charge is 0.0953 e. The fourth-order valence-electron chi connectivity index (χ4n) is 2.66. The van der Waals surface area contributed by atoms with Gasteiger partial charge in [0.1, 0.15) is 0 Å². The molecule has 18 heavy (non-hydrogen) atoms. The molecule has 4 nitrogen and oxygen atoms in total. The van der Waals surface area contributed by atoms with E-state index in [0.29, 0.717) is 18.1 Å². The standard InChI is InChI=1S/C14H25N3O/c1-11(2)7-15-8-12-9-17(10-16-12)13-5-4-6-14(13)18-3/h9-11,13-15H,4-8H2,1-3H3. The predicted molar refractivity (Wildman–Crippen MR) is 72.5 cm³/mol. The summed E-state index contributed by atoms with van der Waals surface area (Å²) in [5.41, 5.74) is 1.12. The summed E-state index contributed by atoms with van der Waals surface area (Å²) in [6, 6.07) is 0.473. The number of imidazole rings is 1. The Hall–Kier alpha value is -0.870. The van der Waals surface area contributed by atoms with E-state index in [2.05, 4.69) is 34.9 Å². The zero-order valence-electron chi connectivity index (χ0n) is 11.7. The van der Waals surface area contributed by atoms with Crippen molar-refractivity contribution in [1.82, 2.24) is 14.9 Å². The maximum atomic E-state index is 5.54. The molecule has 1 fully saturated rings. The van der Waals surface area contributed by atoms with Crippen molar-refractivity contribution < 1.29 is 4.74 Å². The number of nitrogens with one attached hydrogen (secondary N) is 1. The van der Waals surface area contributed by atoms with Crippen LogP contribution in [0, 0.1) is 5.92 Å². The van der Waals surface area contributed by atoms with Crippen LogP contribution in [0.3, 0.4) is 0 Å². The maximum Gasteiger partial charge on any atom is 0.0953 e. The number of ether oxygens (including phenoxy) is 1. The lowest BCUT2D eigenvalue weighted by molar-refractivity contribution is 0.0749. The Morgan fingerprint density at radius 2 is 2.33 bits per heavy atom. The molecular weight excluding hydrogens is 226 g/mol. The van der Waals surface area contributed by atoms with Crippen molar-refractivity contribution in [2.45, 2.75) is 51.8 Å². The van der Waals surface area contributed by atoms with E-state index in [-0.39, 0.29) is 0 Å². The summed E-state index contributed by atoms with van der Waals surface area (Å²) in [6.45, 7) is 6.33. The average Bonchev–Trinajstić information content (AvgIpc) is 2.95. The van der Waals surface area contributed by atoms with Gasteiger partial charge in [-0.05, 0) is 31.7 Å². The van der Waals surface area contributed by atoms with Crippen molar-refractivity contribution >= 4 is 0 Å². The first-order valence-corrected chi connectivity index (χ1v) is 6.96. The van der Waals surface area contributed by atoms with Gasteiger partial charge in [0.05, 0.1) is 24.2 Å². The molecule has 1 aliphatic carbocycles. The molecule has 1 saturated carbocycles. The van der Waals surface area contributed by atoms with Gasteiger partial charge in [0.2, 0.25) is 0 Å². The van der Waals surface area contributed by atoms with E-state index in [4.69, 9.17) is 4.74 Å². The largest absolute Gasteiger partial charge is 0.379 e. The summed E-state index contributed by atoms with van der Waals surface area (Å²) in [4.78, 5) is 4.47. The highest BCUT2D eigenvalue weighted by Gasteiger charge is 2.28. The number of hydrogen-bond donors (Lipinski definition) is 1. The molecule has 0 amide bonds. The zero-order chi connectivity index (χ0) is 13.0. The summed E-state index contributed by atoms with van der Waals surface area (Å²) in [6.07, 6.45) is 8.09. The molecule has 0 radical (unpaired) electrons. The Balaban J connectivity index is 1.89. The lowest BCUT2D eigenvalue weighted by Crippen LogP contribution is -2.20. The summed E-state index contributed by atoms with van der Waals surface area (Å²) in [5, 5.41) is 3.42. The molecule has 2 atom stereocenters. The van der Waals surface area contributed by atoms with Gasteiger partial charge in [0, 0.05) is 19.9 Å². The van der Waals surface area contributed by atoms with Gasteiger partial charge < -0.3 is 14.6 Å². The normalized spacial score (nSPS) is 24.0. The molecule has 0 spiro atoms. The molecule has 0 aromatic carbocycles. The predicted octanol–water partition coefficient (Wildman–Crippen LogP) is 2.37. The van der Waals surface area contributed by atoms with E-state index in [1.807, 2.05) is 13.4 Å². The first kappa shape index (κ1) is 13.6. The number of methoxy groups -OCH3 is 1. The molecule has 0 saturated heterocycles. The molecule has 0 bridgehead atoms. The summed E-state index contributed by atoms with van der Waals surface area (Å²) in [5.74, 6) is 0.680. The highest BCUT2D eigenvalue weighted by molar-refractivity contribution is 5.00. The Labute approximate surface area is 110 Å². The second-order valence-corrected chi connectivity index (χ2v) is 5.61. The van der Waals surface area contributed by atoms with Gasteiger partial charge >= 0.3 is 0 Å². The van der Waals surface area contributed by atoms with E-state index >= 15 is 0 Å². The first-order chi connectivity index (χ1) is 8.70. The van der Waals surface area contributed by atoms with Crippen LogP contribution in [-0.2, 0) is 11.3 Å². The quantitative estimate of drug-likeness (QED) is 0.843. The van der Waals surface area contributed by atoms with E-state index in [0.717, 1.165) is 18.8 Å². The molecule has 1 N–H and O–H groups in total. The van der Waals surface area contributed by atoms with Crippen molar-refractivity contribution in [3.63, 3.8) is 0 Å². The van der Waals surface area contributed by atoms with E-state index in [9.17, 15) is 0 Å². The van der Waals surface area contributed by atoms with Crippen LogP contribution in [0.5, 0.6) is 0 Å². The Kier molecular flexibility index (Phi) is 4.78. The molecule has 2 unspecified atom stereocenters. The monoisotopic (exact) mass is 251 g/mol. The molecule has 102 valence electrons. The van der Waals surface area contributed by atoms with E-state index in [1.54, 1.807) is 0 Å². The van der Waals surface area contributed by atoms with Crippen LogP contribution in [0.25, 0.3) is 0 Å². The lowest BCUT2D eigenvalue weighted by atomic mass is 10.2. The molecule has 1 aromatic heterocycles. The van der Waals surface area contributed by atoms with Gasteiger partial charge in [-0.1, -0.05) is 13.8 Å². The zero-order valence-corrected chi connectivity index (χ0v) is 11.7. The maximum absolute atomic E-state index is 5.54. The number of rotatable bonds is 6.